The fraction of sp³-hybridized carbons (Fsp3) is 0.944. The van der Waals surface area contributed by atoms with Crippen molar-refractivity contribution in [2.75, 3.05) is 19.7 Å². The number of carbonyl (C=O) groups is 1. The molecule has 1 saturated heterocycles. The minimum atomic E-state index is -0.367. The second-order valence-corrected chi connectivity index (χ2v) is 8.06. The lowest BCUT2D eigenvalue weighted by Gasteiger charge is -2.57. The highest BCUT2D eigenvalue weighted by Gasteiger charge is 2.56. The number of hydrogen-bond acceptors (Lipinski definition) is 4. The Hall–Kier alpha value is -0.360. The maximum atomic E-state index is 12.9. The first-order valence-electron chi connectivity index (χ1n) is 9.28. The SMILES string of the molecule is CCOC1CC(O)C12CCN(C(=O)C1CCCCC1(C)N)CC2.Cl. The van der Waals surface area contributed by atoms with Crippen LogP contribution in [-0.4, -0.2) is 53.4 Å². The first-order valence-corrected chi connectivity index (χ1v) is 9.28. The topological polar surface area (TPSA) is 75.8 Å². The number of amides is 1. The van der Waals surface area contributed by atoms with Gasteiger partial charge in [0, 0.05) is 37.1 Å². The molecule has 2 aliphatic carbocycles. The van der Waals surface area contributed by atoms with Crippen molar-refractivity contribution in [1.29, 1.82) is 0 Å². The molecule has 24 heavy (non-hydrogen) atoms. The molecule has 1 spiro atoms. The quantitative estimate of drug-likeness (QED) is 0.808. The van der Waals surface area contributed by atoms with E-state index < -0.39 is 0 Å². The molecule has 0 radical (unpaired) electrons. The Morgan fingerprint density at radius 2 is 1.96 bits per heavy atom. The highest BCUT2D eigenvalue weighted by atomic mass is 35.5. The van der Waals surface area contributed by atoms with Crippen LogP contribution in [0.25, 0.3) is 0 Å². The predicted molar refractivity (Wildman–Crippen MR) is 96.1 cm³/mol. The molecule has 1 heterocycles. The van der Waals surface area contributed by atoms with E-state index in [1.54, 1.807) is 0 Å². The lowest BCUT2D eigenvalue weighted by atomic mass is 9.58. The van der Waals surface area contributed by atoms with Gasteiger partial charge in [-0.05, 0) is 39.5 Å². The summed E-state index contributed by atoms with van der Waals surface area (Å²) in [6.45, 7) is 6.18. The summed E-state index contributed by atoms with van der Waals surface area (Å²) >= 11 is 0. The smallest absolute Gasteiger partial charge is 0.227 e. The number of rotatable bonds is 3. The van der Waals surface area contributed by atoms with Crippen molar-refractivity contribution in [2.24, 2.45) is 17.1 Å². The lowest BCUT2D eigenvalue weighted by molar-refractivity contribution is -0.210. The second kappa shape index (κ2) is 7.48. The first kappa shape index (κ1) is 20.0. The minimum Gasteiger partial charge on any atom is -0.392 e. The summed E-state index contributed by atoms with van der Waals surface area (Å²) in [7, 11) is 0. The van der Waals surface area contributed by atoms with Crippen LogP contribution in [0.3, 0.4) is 0 Å². The van der Waals surface area contributed by atoms with Gasteiger partial charge in [0.05, 0.1) is 18.1 Å². The van der Waals surface area contributed by atoms with Crippen LogP contribution in [0.4, 0.5) is 0 Å². The number of nitrogens with two attached hydrogens (primary N) is 1. The summed E-state index contributed by atoms with van der Waals surface area (Å²) in [5, 5.41) is 10.3. The molecule has 0 aromatic heterocycles. The number of ether oxygens (including phenoxy) is 1. The second-order valence-electron chi connectivity index (χ2n) is 8.06. The molecule has 3 N–H and O–H groups in total. The molecule has 0 aromatic carbocycles. The third-order valence-corrected chi connectivity index (χ3v) is 6.67. The van der Waals surface area contributed by atoms with Crippen molar-refractivity contribution in [3.8, 4) is 0 Å². The van der Waals surface area contributed by atoms with Crippen LogP contribution in [0.15, 0.2) is 0 Å². The third-order valence-electron chi connectivity index (χ3n) is 6.67. The Balaban J connectivity index is 0.00000208. The average Bonchev–Trinajstić information content (AvgIpc) is 2.54. The van der Waals surface area contributed by atoms with Crippen LogP contribution < -0.4 is 5.73 Å². The van der Waals surface area contributed by atoms with E-state index >= 15 is 0 Å². The highest BCUT2D eigenvalue weighted by molar-refractivity contribution is 5.85. The zero-order chi connectivity index (χ0) is 16.7. The van der Waals surface area contributed by atoms with E-state index in [0.717, 1.165) is 58.0 Å². The van der Waals surface area contributed by atoms with Crippen LogP contribution in [-0.2, 0) is 9.53 Å². The van der Waals surface area contributed by atoms with Gasteiger partial charge < -0.3 is 20.5 Å². The highest BCUT2D eigenvalue weighted by Crippen LogP contribution is 2.51. The summed E-state index contributed by atoms with van der Waals surface area (Å²) in [6.07, 6.45) is 6.40. The van der Waals surface area contributed by atoms with Crippen LogP contribution in [0, 0.1) is 11.3 Å². The third kappa shape index (κ3) is 3.33. The van der Waals surface area contributed by atoms with E-state index in [-0.39, 0.29) is 47.4 Å². The largest absolute Gasteiger partial charge is 0.392 e. The maximum Gasteiger partial charge on any atom is 0.227 e. The standard InChI is InChI=1S/C18H32N2O3.ClH/c1-3-23-15-12-14(21)18(15)8-10-20(11-9-18)16(22)13-6-4-5-7-17(13,2)19;/h13-15,21H,3-12,19H2,1-2H3;1H. The van der Waals surface area contributed by atoms with Crippen LogP contribution in [0.1, 0.15) is 58.8 Å². The van der Waals surface area contributed by atoms with Gasteiger partial charge in [-0.15, -0.1) is 12.4 Å². The van der Waals surface area contributed by atoms with E-state index in [4.69, 9.17) is 10.5 Å². The number of piperidine rings is 1. The average molecular weight is 361 g/mol. The minimum absolute atomic E-state index is 0. The molecule has 5 nitrogen and oxygen atoms in total. The number of carbonyl (C=O) groups excluding carboxylic acids is 1. The summed E-state index contributed by atoms with van der Waals surface area (Å²) in [5.74, 6) is 0.186. The molecular weight excluding hydrogens is 328 g/mol. The molecule has 0 aromatic rings. The first-order chi connectivity index (χ1) is 10.9. The van der Waals surface area contributed by atoms with Gasteiger partial charge in [0.2, 0.25) is 5.91 Å². The Morgan fingerprint density at radius 3 is 2.50 bits per heavy atom. The predicted octanol–water partition coefficient (Wildman–Crippen LogP) is 2.09. The number of aliphatic hydroxyl groups is 1. The Kier molecular flexibility index (Phi) is 6.22. The van der Waals surface area contributed by atoms with E-state index in [2.05, 4.69) is 0 Å². The van der Waals surface area contributed by atoms with E-state index in [9.17, 15) is 9.90 Å². The van der Waals surface area contributed by atoms with E-state index in [0.29, 0.717) is 6.61 Å². The fourth-order valence-corrected chi connectivity index (χ4v) is 4.94. The Labute approximate surface area is 151 Å². The number of nitrogens with zero attached hydrogens (tertiary/aromatic N) is 1. The summed E-state index contributed by atoms with van der Waals surface area (Å²) in [6, 6.07) is 0. The number of likely N-dealkylation sites (tertiary alicyclic amines) is 1. The van der Waals surface area contributed by atoms with Gasteiger partial charge in [0.15, 0.2) is 0 Å². The molecule has 4 unspecified atom stereocenters. The van der Waals surface area contributed by atoms with Crippen molar-refractivity contribution in [1.82, 2.24) is 4.90 Å². The lowest BCUT2D eigenvalue weighted by Crippen LogP contribution is -2.63. The van der Waals surface area contributed by atoms with Gasteiger partial charge in [-0.25, -0.2) is 0 Å². The molecule has 140 valence electrons. The molecule has 1 aliphatic heterocycles. The van der Waals surface area contributed by atoms with Crippen LogP contribution in [0.5, 0.6) is 0 Å². The van der Waals surface area contributed by atoms with Gasteiger partial charge in [-0.3, -0.25) is 4.79 Å². The maximum absolute atomic E-state index is 12.9. The Bertz CT molecular complexity index is 448. The molecular formula is C18H33ClN2O3. The zero-order valence-corrected chi connectivity index (χ0v) is 15.8. The van der Waals surface area contributed by atoms with E-state index in [1.807, 2.05) is 18.7 Å². The van der Waals surface area contributed by atoms with E-state index in [1.165, 1.54) is 0 Å². The zero-order valence-electron chi connectivity index (χ0n) is 15.0. The summed E-state index contributed by atoms with van der Waals surface area (Å²) in [5.41, 5.74) is 5.91. The van der Waals surface area contributed by atoms with Crippen molar-refractivity contribution in [3.05, 3.63) is 0 Å². The van der Waals surface area contributed by atoms with Gasteiger partial charge in [-0.2, -0.15) is 0 Å². The summed E-state index contributed by atoms with van der Waals surface area (Å²) in [4.78, 5) is 14.9. The van der Waals surface area contributed by atoms with Gasteiger partial charge >= 0.3 is 0 Å². The Morgan fingerprint density at radius 1 is 1.29 bits per heavy atom. The van der Waals surface area contributed by atoms with Gasteiger partial charge in [0.25, 0.3) is 0 Å². The number of aliphatic hydroxyl groups excluding tert-OH is 1. The van der Waals surface area contributed by atoms with Gasteiger partial charge in [-0.1, -0.05) is 12.8 Å². The molecule has 3 aliphatic rings. The molecule has 0 bridgehead atoms. The molecule has 1 amide bonds. The van der Waals surface area contributed by atoms with Crippen molar-refractivity contribution < 1.29 is 14.6 Å². The van der Waals surface area contributed by atoms with Crippen LogP contribution in [0.2, 0.25) is 0 Å². The monoisotopic (exact) mass is 360 g/mol. The van der Waals surface area contributed by atoms with Crippen LogP contribution >= 0.6 is 12.4 Å². The fourth-order valence-electron chi connectivity index (χ4n) is 4.94. The molecule has 4 atom stereocenters. The number of halogens is 1. The molecule has 3 rings (SSSR count). The molecule has 3 fully saturated rings. The van der Waals surface area contributed by atoms with Crippen molar-refractivity contribution >= 4 is 18.3 Å². The summed E-state index contributed by atoms with van der Waals surface area (Å²) < 4.78 is 5.80. The van der Waals surface area contributed by atoms with Gasteiger partial charge in [0.1, 0.15) is 0 Å². The molecule has 2 saturated carbocycles. The van der Waals surface area contributed by atoms with Crippen molar-refractivity contribution in [3.63, 3.8) is 0 Å². The molecule has 6 heteroatoms. The normalized spacial score (nSPS) is 38.3. The van der Waals surface area contributed by atoms with Crippen molar-refractivity contribution in [2.45, 2.75) is 76.5 Å². The number of hydrogen-bond donors (Lipinski definition) is 2.